The second-order valence-electron chi connectivity index (χ2n) is 6.35. The van der Waals surface area contributed by atoms with E-state index in [1.165, 1.54) is 25.1 Å². The van der Waals surface area contributed by atoms with E-state index in [9.17, 15) is 19.7 Å². The first-order chi connectivity index (χ1) is 14.9. The Labute approximate surface area is 176 Å². The average molecular weight is 426 g/mol. The summed E-state index contributed by atoms with van der Waals surface area (Å²) < 4.78 is 15.3. The fourth-order valence-electron chi connectivity index (χ4n) is 2.55. The van der Waals surface area contributed by atoms with Gasteiger partial charge in [0.1, 0.15) is 11.8 Å². The predicted octanol–water partition coefficient (Wildman–Crippen LogP) is 2.52. The van der Waals surface area contributed by atoms with Gasteiger partial charge in [0, 0.05) is 23.3 Å². The highest BCUT2D eigenvalue weighted by molar-refractivity contribution is 5.97. The maximum absolute atomic E-state index is 12.2. The molecule has 3 aromatic rings. The Hall–Kier alpha value is -4.28. The Kier molecular flexibility index (Phi) is 6.55. The summed E-state index contributed by atoms with van der Waals surface area (Å²) in [7, 11) is 1.54. The average Bonchev–Trinajstić information content (AvgIpc) is 3.26. The van der Waals surface area contributed by atoms with Gasteiger partial charge < -0.3 is 19.3 Å². The van der Waals surface area contributed by atoms with Gasteiger partial charge in [0.15, 0.2) is 6.61 Å². The molecule has 11 heteroatoms. The number of nitrogens with zero attached hydrogens (tertiary/aromatic N) is 3. The van der Waals surface area contributed by atoms with Crippen LogP contribution in [0.2, 0.25) is 0 Å². The summed E-state index contributed by atoms with van der Waals surface area (Å²) in [6, 6.07) is 11.2. The monoisotopic (exact) mass is 426 g/mol. The largest absolute Gasteiger partial charge is 0.497 e. The Morgan fingerprint density at radius 3 is 2.74 bits per heavy atom. The van der Waals surface area contributed by atoms with Crippen LogP contribution in [0.1, 0.15) is 23.2 Å². The van der Waals surface area contributed by atoms with Crippen molar-refractivity contribution < 1.29 is 28.5 Å². The minimum absolute atomic E-state index is 0.0497. The van der Waals surface area contributed by atoms with E-state index in [0.717, 1.165) is 6.07 Å². The number of esters is 1. The van der Waals surface area contributed by atoms with Gasteiger partial charge in [-0.25, -0.2) is 4.79 Å². The highest BCUT2D eigenvalue weighted by Crippen LogP contribution is 2.21. The quantitative estimate of drug-likeness (QED) is 0.326. The van der Waals surface area contributed by atoms with E-state index in [1.807, 2.05) is 0 Å². The molecule has 3 rings (SSSR count). The Morgan fingerprint density at radius 1 is 1.23 bits per heavy atom. The lowest BCUT2D eigenvalue weighted by molar-refractivity contribution is -0.384. The van der Waals surface area contributed by atoms with Crippen LogP contribution in [0.5, 0.6) is 5.75 Å². The van der Waals surface area contributed by atoms with E-state index >= 15 is 0 Å². The SMILES string of the molecule is COc1cccc(-c2noc(COC(=O)[C@H](C)NC(=O)c3cccc([N+](=O)[O-])c3)n2)c1. The molecule has 1 atom stereocenters. The molecule has 0 unspecified atom stereocenters. The molecule has 0 aliphatic carbocycles. The van der Waals surface area contributed by atoms with Crippen molar-refractivity contribution >= 4 is 17.6 Å². The molecule has 2 aromatic carbocycles. The molecule has 0 fully saturated rings. The third-order valence-corrected chi connectivity index (χ3v) is 4.15. The normalized spacial score (nSPS) is 11.4. The summed E-state index contributed by atoms with van der Waals surface area (Å²) >= 11 is 0. The van der Waals surface area contributed by atoms with Gasteiger partial charge in [0.05, 0.1) is 12.0 Å². The van der Waals surface area contributed by atoms with E-state index in [2.05, 4.69) is 15.5 Å². The Morgan fingerprint density at radius 2 is 2.00 bits per heavy atom. The number of methoxy groups -OCH3 is 1. The maximum atomic E-state index is 12.2. The van der Waals surface area contributed by atoms with Crippen molar-refractivity contribution in [2.75, 3.05) is 7.11 Å². The van der Waals surface area contributed by atoms with E-state index in [-0.39, 0.29) is 23.7 Å². The van der Waals surface area contributed by atoms with Crippen LogP contribution in [-0.2, 0) is 16.1 Å². The number of rotatable bonds is 8. The second-order valence-corrected chi connectivity index (χ2v) is 6.35. The van der Waals surface area contributed by atoms with Crippen molar-refractivity contribution in [3.8, 4) is 17.1 Å². The molecular weight excluding hydrogens is 408 g/mol. The minimum Gasteiger partial charge on any atom is -0.497 e. The van der Waals surface area contributed by atoms with Crippen LogP contribution in [0.4, 0.5) is 5.69 Å². The summed E-state index contributed by atoms with van der Waals surface area (Å²) in [6.45, 7) is 1.14. The lowest BCUT2D eigenvalue weighted by atomic mass is 10.2. The zero-order valence-corrected chi connectivity index (χ0v) is 16.6. The van der Waals surface area contributed by atoms with Crippen LogP contribution in [-0.4, -0.2) is 40.1 Å². The number of amides is 1. The van der Waals surface area contributed by atoms with Crippen molar-refractivity contribution in [2.24, 2.45) is 0 Å². The van der Waals surface area contributed by atoms with E-state index in [0.29, 0.717) is 17.1 Å². The molecule has 0 spiro atoms. The molecule has 0 radical (unpaired) electrons. The fraction of sp³-hybridized carbons (Fsp3) is 0.200. The number of aromatic nitrogens is 2. The first kappa shape index (κ1) is 21.4. The standard InChI is InChI=1S/C20H18N4O7/c1-12(21-19(25)14-6-3-7-15(9-14)24(27)28)20(26)30-11-17-22-18(23-31-17)13-5-4-8-16(10-13)29-2/h3-10,12H,11H2,1-2H3,(H,21,25)/t12-/m0/s1. The van der Waals surface area contributed by atoms with Crippen molar-refractivity contribution in [3.05, 3.63) is 70.1 Å². The second kappa shape index (κ2) is 9.48. The van der Waals surface area contributed by atoms with Gasteiger partial charge in [-0.05, 0) is 25.1 Å². The van der Waals surface area contributed by atoms with Gasteiger partial charge in [-0.2, -0.15) is 4.98 Å². The lowest BCUT2D eigenvalue weighted by Crippen LogP contribution is -2.39. The zero-order chi connectivity index (χ0) is 22.4. The Balaban J connectivity index is 1.56. The molecule has 11 nitrogen and oxygen atoms in total. The summed E-state index contributed by atoms with van der Waals surface area (Å²) in [5, 5.41) is 17.1. The smallest absolute Gasteiger partial charge is 0.328 e. The summed E-state index contributed by atoms with van der Waals surface area (Å²) in [5.74, 6) is -0.380. The first-order valence-corrected chi connectivity index (χ1v) is 9.06. The van der Waals surface area contributed by atoms with Gasteiger partial charge >= 0.3 is 5.97 Å². The number of hydrogen-bond acceptors (Lipinski definition) is 9. The van der Waals surface area contributed by atoms with E-state index in [4.69, 9.17) is 14.0 Å². The van der Waals surface area contributed by atoms with Gasteiger partial charge in [-0.15, -0.1) is 0 Å². The van der Waals surface area contributed by atoms with Crippen molar-refractivity contribution in [1.29, 1.82) is 0 Å². The number of non-ortho nitro benzene ring substituents is 1. The number of nitrogens with one attached hydrogen (secondary N) is 1. The van der Waals surface area contributed by atoms with Gasteiger partial charge in [-0.1, -0.05) is 23.4 Å². The molecule has 0 aliphatic rings. The number of nitro groups is 1. The Bertz CT molecular complexity index is 1110. The van der Waals surface area contributed by atoms with Crippen molar-refractivity contribution in [2.45, 2.75) is 19.6 Å². The summed E-state index contributed by atoms with van der Waals surface area (Å²) in [5.41, 5.74) is 0.484. The number of ether oxygens (including phenoxy) is 2. The third kappa shape index (κ3) is 5.41. The van der Waals surface area contributed by atoms with Crippen LogP contribution >= 0.6 is 0 Å². The molecule has 1 amide bonds. The highest BCUT2D eigenvalue weighted by atomic mass is 16.6. The molecule has 0 saturated heterocycles. The molecule has 1 N–H and O–H groups in total. The summed E-state index contributed by atoms with van der Waals surface area (Å²) in [4.78, 5) is 38.8. The zero-order valence-electron chi connectivity index (χ0n) is 16.6. The van der Waals surface area contributed by atoms with Gasteiger partial charge in [-0.3, -0.25) is 14.9 Å². The lowest BCUT2D eigenvalue weighted by Gasteiger charge is -2.12. The van der Waals surface area contributed by atoms with E-state index in [1.54, 1.807) is 31.4 Å². The molecule has 0 bridgehead atoms. The number of hydrogen-bond donors (Lipinski definition) is 1. The van der Waals surface area contributed by atoms with Crippen molar-refractivity contribution in [3.63, 3.8) is 0 Å². The maximum Gasteiger partial charge on any atom is 0.328 e. The molecule has 1 aromatic heterocycles. The molecule has 1 heterocycles. The van der Waals surface area contributed by atoms with Crippen LogP contribution in [0.25, 0.3) is 11.4 Å². The molecule has 0 saturated carbocycles. The number of nitro benzene ring substituents is 1. The van der Waals surface area contributed by atoms with Crippen LogP contribution in [0.15, 0.2) is 53.1 Å². The fourth-order valence-corrected chi connectivity index (χ4v) is 2.55. The number of benzene rings is 2. The van der Waals surface area contributed by atoms with Crippen LogP contribution < -0.4 is 10.1 Å². The third-order valence-electron chi connectivity index (χ3n) is 4.15. The number of carbonyl (C=O) groups excluding carboxylic acids is 2. The van der Waals surface area contributed by atoms with E-state index < -0.39 is 22.8 Å². The highest BCUT2D eigenvalue weighted by Gasteiger charge is 2.20. The predicted molar refractivity (Wildman–Crippen MR) is 106 cm³/mol. The first-order valence-electron chi connectivity index (χ1n) is 9.06. The van der Waals surface area contributed by atoms with Crippen LogP contribution in [0.3, 0.4) is 0 Å². The van der Waals surface area contributed by atoms with Gasteiger partial charge in [0.25, 0.3) is 17.5 Å². The summed E-state index contributed by atoms with van der Waals surface area (Å²) in [6.07, 6.45) is 0. The topological polar surface area (TPSA) is 147 Å². The van der Waals surface area contributed by atoms with Crippen molar-refractivity contribution in [1.82, 2.24) is 15.5 Å². The molecule has 160 valence electrons. The minimum atomic E-state index is -1.01. The van der Waals surface area contributed by atoms with Gasteiger partial charge in [0.2, 0.25) is 5.82 Å². The molecule has 0 aliphatic heterocycles. The molecular formula is C20H18N4O7. The van der Waals surface area contributed by atoms with Crippen LogP contribution in [0, 0.1) is 10.1 Å². The number of carbonyl (C=O) groups is 2. The molecule has 31 heavy (non-hydrogen) atoms.